The quantitative estimate of drug-likeness (QED) is 0.337. The van der Waals surface area contributed by atoms with Crippen molar-refractivity contribution in [2.45, 2.75) is 42.1 Å². The average molecular weight is 363 g/mol. The summed E-state index contributed by atoms with van der Waals surface area (Å²) in [6.07, 6.45) is 6.89. The monoisotopic (exact) mass is 363 g/mol. The molecule has 2 fully saturated rings. The number of halogens is 1. The fraction of sp³-hybridized carbons (Fsp3) is 0.714. The van der Waals surface area contributed by atoms with Crippen molar-refractivity contribution in [3.8, 4) is 0 Å². The van der Waals surface area contributed by atoms with Gasteiger partial charge in [0.1, 0.15) is 0 Å². The molecule has 1 amide bonds. The molecule has 0 spiro atoms. The van der Waals surface area contributed by atoms with Gasteiger partial charge >= 0.3 is 129 Å². The Bertz CT molecular complexity index is 469. The predicted molar refractivity (Wildman–Crippen MR) is 76.7 cm³/mol. The fourth-order valence-corrected chi connectivity index (χ4v) is 6.97. The molecular formula is C14H18ClNO3Se. The van der Waals surface area contributed by atoms with Crippen molar-refractivity contribution in [2.24, 2.45) is 11.8 Å². The Balaban J connectivity index is 1.86. The van der Waals surface area contributed by atoms with Crippen molar-refractivity contribution in [1.82, 2.24) is 5.32 Å². The molecule has 2 saturated heterocycles. The molecule has 0 aromatic carbocycles. The Hall–Kier alpha value is -0.351. The molecule has 2 N–H and O–H groups in total. The normalized spacial score (nSPS) is 41.0. The SMILES string of the molecule is O=C1[Se][C@@]2([C@@H](O)[C@H]3C=CCCC3)C(=O)N[C@H]2C1CCCl. The molecule has 0 aromatic rings. The summed E-state index contributed by atoms with van der Waals surface area (Å²) >= 11 is 5.28. The van der Waals surface area contributed by atoms with Crippen LogP contribution in [0, 0.1) is 11.8 Å². The number of aliphatic hydroxyl groups is 1. The third kappa shape index (κ3) is 1.98. The number of aliphatic hydroxyl groups excluding tert-OH is 1. The van der Waals surface area contributed by atoms with Gasteiger partial charge in [-0.3, -0.25) is 0 Å². The van der Waals surface area contributed by atoms with Crippen molar-refractivity contribution < 1.29 is 14.7 Å². The predicted octanol–water partition coefficient (Wildman–Crippen LogP) is 0.850. The second-order valence-electron chi connectivity index (χ2n) is 5.72. The number of fused-ring (bicyclic) bond motifs is 1. The number of β-lactam (4-membered cyclic amide) rings is 1. The van der Waals surface area contributed by atoms with Crippen LogP contribution in [-0.2, 0) is 9.59 Å². The molecule has 5 atom stereocenters. The average Bonchev–Trinajstić information content (AvgIpc) is 2.69. The van der Waals surface area contributed by atoms with Crippen molar-refractivity contribution in [3.63, 3.8) is 0 Å². The van der Waals surface area contributed by atoms with Crippen molar-refractivity contribution in [1.29, 1.82) is 0 Å². The van der Waals surface area contributed by atoms with Gasteiger partial charge in [0, 0.05) is 0 Å². The summed E-state index contributed by atoms with van der Waals surface area (Å²) in [6, 6.07) is -0.202. The zero-order valence-corrected chi connectivity index (χ0v) is 13.5. The summed E-state index contributed by atoms with van der Waals surface area (Å²) in [4.78, 5) is 24.4. The molecular weight excluding hydrogens is 345 g/mol. The van der Waals surface area contributed by atoms with E-state index in [1.807, 2.05) is 6.08 Å². The number of rotatable bonds is 4. The van der Waals surface area contributed by atoms with E-state index in [1.165, 1.54) is 0 Å². The van der Waals surface area contributed by atoms with Crippen molar-refractivity contribution in [3.05, 3.63) is 12.2 Å². The van der Waals surface area contributed by atoms with Crippen molar-refractivity contribution >= 4 is 37.1 Å². The number of carbonyl (C=O) groups excluding carboxylic acids is 2. The molecule has 0 radical (unpaired) electrons. The summed E-state index contributed by atoms with van der Waals surface area (Å²) in [5, 5.41) is 13.6. The van der Waals surface area contributed by atoms with Crippen LogP contribution in [0.15, 0.2) is 12.2 Å². The Labute approximate surface area is 129 Å². The van der Waals surface area contributed by atoms with Gasteiger partial charge in [0.05, 0.1) is 0 Å². The Morgan fingerprint density at radius 1 is 1.55 bits per heavy atom. The maximum absolute atomic E-state index is 12.2. The summed E-state index contributed by atoms with van der Waals surface area (Å²) in [5.41, 5.74) is 0. The Morgan fingerprint density at radius 2 is 2.35 bits per heavy atom. The third-order valence-electron chi connectivity index (χ3n) is 4.63. The first-order valence-electron chi connectivity index (χ1n) is 7.05. The first-order valence-corrected chi connectivity index (χ1v) is 9.30. The van der Waals surface area contributed by atoms with Gasteiger partial charge in [0.25, 0.3) is 0 Å². The van der Waals surface area contributed by atoms with E-state index in [1.54, 1.807) is 0 Å². The molecule has 2 aliphatic heterocycles. The number of amides is 1. The number of allylic oxidation sites excluding steroid dienone is 1. The van der Waals surface area contributed by atoms with Crippen LogP contribution in [0.2, 0.25) is 4.31 Å². The van der Waals surface area contributed by atoms with Crippen LogP contribution < -0.4 is 5.32 Å². The molecule has 1 aliphatic carbocycles. The Morgan fingerprint density at radius 3 is 2.95 bits per heavy atom. The van der Waals surface area contributed by atoms with Crippen LogP contribution in [0.4, 0.5) is 0 Å². The van der Waals surface area contributed by atoms with Crippen LogP contribution in [0.3, 0.4) is 0 Å². The molecule has 3 aliphatic rings. The number of carbonyl (C=O) groups is 2. The number of alkyl halides is 1. The van der Waals surface area contributed by atoms with Crippen LogP contribution in [0.1, 0.15) is 25.7 Å². The van der Waals surface area contributed by atoms with Gasteiger partial charge in [-0.15, -0.1) is 0 Å². The molecule has 6 heteroatoms. The van der Waals surface area contributed by atoms with Crippen LogP contribution in [0.5, 0.6) is 0 Å². The first-order chi connectivity index (χ1) is 9.61. The van der Waals surface area contributed by atoms with Crippen LogP contribution in [-0.4, -0.2) is 48.7 Å². The molecule has 1 unspecified atom stereocenters. The van der Waals surface area contributed by atoms with Gasteiger partial charge in [-0.1, -0.05) is 0 Å². The van der Waals surface area contributed by atoms with Crippen LogP contribution >= 0.6 is 11.6 Å². The van der Waals surface area contributed by atoms with Gasteiger partial charge in [-0.05, 0) is 0 Å². The minimum atomic E-state index is -0.840. The number of hydrogen-bond donors (Lipinski definition) is 2. The summed E-state index contributed by atoms with van der Waals surface area (Å²) in [6.45, 7) is 0. The fourth-order valence-electron chi connectivity index (χ4n) is 3.51. The summed E-state index contributed by atoms with van der Waals surface area (Å²) < 4.78 is -0.715. The molecule has 3 rings (SSSR count). The molecule has 110 valence electrons. The molecule has 0 bridgehead atoms. The summed E-state index contributed by atoms with van der Waals surface area (Å²) in [5.74, 6) is 0.0718. The van der Waals surface area contributed by atoms with Gasteiger partial charge in [0.15, 0.2) is 0 Å². The molecule has 0 saturated carbocycles. The molecule has 2 heterocycles. The van der Waals surface area contributed by atoms with E-state index < -0.39 is 25.4 Å². The van der Waals surface area contributed by atoms with E-state index in [-0.39, 0.29) is 28.5 Å². The number of hydrogen-bond acceptors (Lipinski definition) is 3. The summed E-state index contributed by atoms with van der Waals surface area (Å²) in [7, 11) is 0. The third-order valence-corrected chi connectivity index (χ3v) is 8.05. The molecule has 4 nitrogen and oxygen atoms in total. The second-order valence-corrected chi connectivity index (χ2v) is 8.78. The van der Waals surface area contributed by atoms with Gasteiger partial charge in [0.2, 0.25) is 0 Å². The van der Waals surface area contributed by atoms with Gasteiger partial charge < -0.3 is 0 Å². The van der Waals surface area contributed by atoms with Gasteiger partial charge in [-0.25, -0.2) is 0 Å². The van der Waals surface area contributed by atoms with E-state index in [2.05, 4.69) is 11.4 Å². The zero-order valence-electron chi connectivity index (χ0n) is 11.0. The van der Waals surface area contributed by atoms with E-state index >= 15 is 0 Å². The molecule has 20 heavy (non-hydrogen) atoms. The Kier molecular flexibility index (Phi) is 3.97. The van der Waals surface area contributed by atoms with E-state index in [4.69, 9.17) is 11.6 Å². The van der Waals surface area contributed by atoms with Gasteiger partial charge in [-0.2, -0.15) is 0 Å². The standard InChI is InChI=1S/C14H18ClNO3Se/c15-7-6-9-10-14(13(19)16-10,20-12(9)18)11(17)8-4-2-1-3-5-8/h2,4,8-11,17H,1,3,5-7H2,(H,16,19)/t8-,9?,10-,11-,14-/m0/s1. The first kappa shape index (κ1) is 14.6. The minimum absolute atomic E-state index is 0.00160. The topological polar surface area (TPSA) is 66.4 Å². The second kappa shape index (κ2) is 5.45. The van der Waals surface area contributed by atoms with E-state index in [0.29, 0.717) is 12.3 Å². The zero-order chi connectivity index (χ0) is 14.3. The maximum atomic E-state index is 12.2. The molecule has 0 aromatic heterocycles. The van der Waals surface area contributed by atoms with Crippen LogP contribution in [0.25, 0.3) is 0 Å². The van der Waals surface area contributed by atoms with E-state index in [0.717, 1.165) is 19.3 Å². The van der Waals surface area contributed by atoms with Crippen molar-refractivity contribution in [2.75, 3.05) is 5.88 Å². The number of nitrogens with one attached hydrogen (secondary N) is 1. The van der Waals surface area contributed by atoms with E-state index in [9.17, 15) is 14.7 Å².